The molecule has 0 aliphatic carbocycles. The third-order valence-electron chi connectivity index (χ3n) is 3.64. The Hall–Kier alpha value is -2.37. The van der Waals surface area contributed by atoms with Crippen LogP contribution in [0, 0.1) is 5.92 Å². The van der Waals surface area contributed by atoms with Gasteiger partial charge in [-0.05, 0) is 49.1 Å². The second kappa shape index (κ2) is 8.92. The lowest BCUT2D eigenvalue weighted by molar-refractivity contribution is -0.136. The number of unbranched alkanes of at least 4 members (excludes halogenated alkanes) is 1. The molecule has 0 radical (unpaired) electrons. The van der Waals surface area contributed by atoms with Crippen LogP contribution in [0.4, 0.5) is 0 Å². The fourth-order valence-electron chi connectivity index (χ4n) is 2.26. The Morgan fingerprint density at radius 1 is 1.43 bits per heavy atom. The SMILES string of the molecule is CCCCOc1ccc(/C=N/NC(=O)C2CCCNC2=O)cc1. The van der Waals surface area contributed by atoms with Crippen molar-refractivity contribution in [1.29, 1.82) is 0 Å². The predicted octanol–water partition coefficient (Wildman–Crippen LogP) is 1.84. The molecule has 1 aromatic rings. The summed E-state index contributed by atoms with van der Waals surface area (Å²) in [7, 11) is 0. The van der Waals surface area contributed by atoms with Gasteiger partial charge in [-0.1, -0.05) is 13.3 Å². The van der Waals surface area contributed by atoms with Crippen LogP contribution in [0.3, 0.4) is 0 Å². The molecule has 0 bridgehead atoms. The third kappa shape index (κ3) is 5.39. The average molecular weight is 317 g/mol. The van der Waals surface area contributed by atoms with Gasteiger partial charge in [0, 0.05) is 6.54 Å². The van der Waals surface area contributed by atoms with Gasteiger partial charge in [-0.15, -0.1) is 0 Å². The maximum Gasteiger partial charge on any atom is 0.252 e. The van der Waals surface area contributed by atoms with Crippen LogP contribution < -0.4 is 15.5 Å². The molecule has 1 saturated heterocycles. The van der Waals surface area contributed by atoms with Crippen LogP contribution >= 0.6 is 0 Å². The van der Waals surface area contributed by atoms with E-state index in [0.29, 0.717) is 19.6 Å². The number of carbonyl (C=O) groups excluding carboxylic acids is 2. The van der Waals surface area contributed by atoms with Crippen LogP contribution in [0.2, 0.25) is 0 Å². The zero-order valence-corrected chi connectivity index (χ0v) is 13.4. The lowest BCUT2D eigenvalue weighted by Crippen LogP contribution is -2.43. The Morgan fingerprint density at radius 2 is 2.22 bits per heavy atom. The molecule has 1 unspecified atom stereocenters. The van der Waals surface area contributed by atoms with Crippen molar-refractivity contribution in [3.05, 3.63) is 29.8 Å². The molecular formula is C17H23N3O3. The lowest BCUT2D eigenvalue weighted by Gasteiger charge is -2.19. The van der Waals surface area contributed by atoms with Gasteiger partial charge in [-0.2, -0.15) is 5.10 Å². The van der Waals surface area contributed by atoms with Crippen LogP contribution in [-0.2, 0) is 9.59 Å². The molecule has 0 aromatic heterocycles. The highest BCUT2D eigenvalue weighted by Crippen LogP contribution is 2.12. The first kappa shape index (κ1) is 17.0. The van der Waals surface area contributed by atoms with Crippen molar-refractivity contribution in [3.63, 3.8) is 0 Å². The summed E-state index contributed by atoms with van der Waals surface area (Å²) in [4.78, 5) is 23.5. The number of piperidine rings is 1. The summed E-state index contributed by atoms with van der Waals surface area (Å²) in [5.41, 5.74) is 3.27. The molecule has 0 saturated carbocycles. The Labute approximate surface area is 136 Å². The maximum atomic E-state index is 11.9. The Kier molecular flexibility index (Phi) is 6.59. The minimum atomic E-state index is -0.643. The van der Waals surface area contributed by atoms with Gasteiger partial charge in [0.2, 0.25) is 5.91 Å². The van der Waals surface area contributed by atoms with E-state index in [1.165, 1.54) is 0 Å². The van der Waals surface area contributed by atoms with Gasteiger partial charge in [0.15, 0.2) is 0 Å². The molecule has 1 aliphatic rings. The summed E-state index contributed by atoms with van der Waals surface area (Å²) in [6.07, 6.45) is 5.06. The van der Waals surface area contributed by atoms with Crippen molar-refractivity contribution < 1.29 is 14.3 Å². The molecule has 2 N–H and O–H groups in total. The van der Waals surface area contributed by atoms with E-state index in [1.54, 1.807) is 6.21 Å². The van der Waals surface area contributed by atoms with E-state index >= 15 is 0 Å². The van der Waals surface area contributed by atoms with Gasteiger partial charge in [0.05, 0.1) is 12.8 Å². The Balaban J connectivity index is 1.80. The molecule has 6 nitrogen and oxygen atoms in total. The zero-order chi connectivity index (χ0) is 16.5. The fraction of sp³-hybridized carbons (Fsp3) is 0.471. The summed E-state index contributed by atoms with van der Waals surface area (Å²) in [5.74, 6) is -0.413. The van der Waals surface area contributed by atoms with Crippen molar-refractivity contribution in [2.75, 3.05) is 13.2 Å². The van der Waals surface area contributed by atoms with Crippen molar-refractivity contribution in [2.24, 2.45) is 11.0 Å². The molecule has 2 amide bonds. The van der Waals surface area contributed by atoms with Gasteiger partial charge < -0.3 is 10.1 Å². The van der Waals surface area contributed by atoms with E-state index in [-0.39, 0.29) is 11.8 Å². The smallest absolute Gasteiger partial charge is 0.252 e. The summed E-state index contributed by atoms with van der Waals surface area (Å²) in [5, 5.41) is 6.59. The Morgan fingerprint density at radius 3 is 2.91 bits per heavy atom. The minimum absolute atomic E-state index is 0.225. The van der Waals surface area contributed by atoms with Crippen LogP contribution in [0.25, 0.3) is 0 Å². The van der Waals surface area contributed by atoms with Crippen molar-refractivity contribution in [2.45, 2.75) is 32.6 Å². The normalized spacial score (nSPS) is 17.8. The average Bonchev–Trinajstić information content (AvgIpc) is 2.57. The first-order valence-corrected chi connectivity index (χ1v) is 8.04. The van der Waals surface area contributed by atoms with Gasteiger partial charge in [-0.3, -0.25) is 9.59 Å². The molecule has 1 heterocycles. The van der Waals surface area contributed by atoms with E-state index in [1.807, 2.05) is 24.3 Å². The topological polar surface area (TPSA) is 79.8 Å². The highest BCUT2D eigenvalue weighted by atomic mass is 16.5. The third-order valence-corrected chi connectivity index (χ3v) is 3.64. The van der Waals surface area contributed by atoms with Crippen molar-refractivity contribution in [3.8, 4) is 5.75 Å². The van der Waals surface area contributed by atoms with Crippen LogP contribution in [0.1, 0.15) is 38.2 Å². The minimum Gasteiger partial charge on any atom is -0.494 e. The van der Waals surface area contributed by atoms with Gasteiger partial charge in [0.25, 0.3) is 5.91 Å². The highest BCUT2D eigenvalue weighted by molar-refractivity contribution is 6.00. The highest BCUT2D eigenvalue weighted by Gasteiger charge is 2.28. The Bertz CT molecular complexity index is 555. The fourth-order valence-corrected chi connectivity index (χ4v) is 2.26. The van der Waals surface area contributed by atoms with E-state index < -0.39 is 5.92 Å². The largest absolute Gasteiger partial charge is 0.494 e. The van der Waals surface area contributed by atoms with E-state index in [4.69, 9.17) is 4.74 Å². The summed E-state index contributed by atoms with van der Waals surface area (Å²) >= 11 is 0. The molecule has 0 spiro atoms. The van der Waals surface area contributed by atoms with Gasteiger partial charge in [-0.25, -0.2) is 5.43 Å². The van der Waals surface area contributed by atoms with Crippen molar-refractivity contribution >= 4 is 18.0 Å². The van der Waals surface area contributed by atoms with Crippen molar-refractivity contribution in [1.82, 2.24) is 10.7 Å². The van der Waals surface area contributed by atoms with E-state index in [2.05, 4.69) is 22.8 Å². The molecular weight excluding hydrogens is 294 g/mol. The number of amides is 2. The molecule has 124 valence electrons. The summed E-state index contributed by atoms with van der Waals surface area (Å²) in [6.45, 7) is 3.47. The second-order valence-electron chi connectivity index (χ2n) is 5.49. The number of rotatable bonds is 7. The van der Waals surface area contributed by atoms with Crippen LogP contribution in [-0.4, -0.2) is 31.2 Å². The van der Waals surface area contributed by atoms with Gasteiger partial charge >= 0.3 is 0 Å². The standard InChI is InChI=1S/C17H23N3O3/c1-2-3-11-23-14-8-6-13(7-9-14)12-19-20-17(22)15-5-4-10-18-16(15)21/h6-9,12,15H,2-5,10-11H2,1H3,(H,18,21)(H,20,22)/b19-12+. The van der Waals surface area contributed by atoms with Crippen LogP contribution in [0.5, 0.6) is 5.75 Å². The summed E-state index contributed by atoms with van der Waals surface area (Å²) < 4.78 is 5.58. The van der Waals surface area contributed by atoms with E-state index in [0.717, 1.165) is 30.6 Å². The van der Waals surface area contributed by atoms with Crippen LogP contribution in [0.15, 0.2) is 29.4 Å². The monoisotopic (exact) mass is 317 g/mol. The molecule has 1 aromatic carbocycles. The maximum absolute atomic E-state index is 11.9. The molecule has 1 atom stereocenters. The number of ether oxygens (including phenoxy) is 1. The number of carbonyl (C=O) groups is 2. The van der Waals surface area contributed by atoms with Gasteiger partial charge in [0.1, 0.15) is 11.7 Å². The number of nitrogens with one attached hydrogen (secondary N) is 2. The lowest BCUT2D eigenvalue weighted by atomic mass is 9.98. The molecule has 6 heteroatoms. The first-order valence-electron chi connectivity index (χ1n) is 8.04. The number of hydrogen-bond donors (Lipinski definition) is 2. The predicted molar refractivity (Wildman–Crippen MR) is 88.3 cm³/mol. The molecule has 23 heavy (non-hydrogen) atoms. The molecule has 1 fully saturated rings. The first-order chi connectivity index (χ1) is 11.2. The quantitative estimate of drug-likeness (QED) is 0.348. The zero-order valence-electron chi connectivity index (χ0n) is 13.4. The number of hydrogen-bond acceptors (Lipinski definition) is 4. The number of benzene rings is 1. The number of nitrogens with zero attached hydrogens (tertiary/aromatic N) is 1. The second-order valence-corrected chi connectivity index (χ2v) is 5.49. The number of hydrazone groups is 1. The molecule has 2 rings (SSSR count). The summed E-state index contributed by atoms with van der Waals surface area (Å²) in [6, 6.07) is 7.47. The molecule has 1 aliphatic heterocycles. The van der Waals surface area contributed by atoms with E-state index in [9.17, 15) is 9.59 Å².